The summed E-state index contributed by atoms with van der Waals surface area (Å²) in [7, 11) is 0. The average Bonchev–Trinajstić information content (AvgIpc) is 2.89. The van der Waals surface area contributed by atoms with Crippen molar-refractivity contribution in [3.05, 3.63) is 24.3 Å². The lowest BCUT2D eigenvalue weighted by Crippen LogP contribution is -2.26. The largest absolute Gasteiger partial charge is 0.356 e. The summed E-state index contributed by atoms with van der Waals surface area (Å²) in [6.45, 7) is 9.03. The van der Waals surface area contributed by atoms with Gasteiger partial charge in [-0.3, -0.25) is 0 Å². The molecule has 0 saturated heterocycles. The number of nitrogens with zero attached hydrogens (tertiary/aromatic N) is 2. The molecule has 0 aliphatic heterocycles. The highest BCUT2D eigenvalue weighted by molar-refractivity contribution is 5.78. The first kappa shape index (κ1) is 15.4. The van der Waals surface area contributed by atoms with E-state index in [0.29, 0.717) is 0 Å². The van der Waals surface area contributed by atoms with E-state index in [-0.39, 0.29) is 0 Å². The van der Waals surface area contributed by atoms with E-state index < -0.39 is 0 Å². The summed E-state index contributed by atoms with van der Waals surface area (Å²) in [6.07, 6.45) is 5.48. The number of hydrogen-bond acceptors (Lipinski definition) is 2. The zero-order chi connectivity index (χ0) is 15.5. The van der Waals surface area contributed by atoms with Crippen LogP contribution in [-0.2, 0) is 6.54 Å². The molecule has 3 nitrogen and oxygen atoms in total. The molecule has 1 N–H and O–H groups in total. The van der Waals surface area contributed by atoms with Crippen LogP contribution in [0.2, 0.25) is 0 Å². The van der Waals surface area contributed by atoms with Crippen molar-refractivity contribution in [1.29, 1.82) is 0 Å². The summed E-state index contributed by atoms with van der Waals surface area (Å²) in [5.41, 5.74) is 2.32. The first-order valence-corrected chi connectivity index (χ1v) is 8.89. The predicted octanol–water partition coefficient (Wildman–Crippen LogP) is 4.93. The average molecular weight is 299 g/mol. The third kappa shape index (κ3) is 2.99. The maximum Gasteiger partial charge on any atom is 0.203 e. The van der Waals surface area contributed by atoms with Crippen LogP contribution in [-0.4, -0.2) is 16.1 Å². The molecule has 1 fully saturated rings. The van der Waals surface area contributed by atoms with Gasteiger partial charge in [0.1, 0.15) is 0 Å². The zero-order valence-corrected chi connectivity index (χ0v) is 14.2. The lowest BCUT2D eigenvalue weighted by molar-refractivity contribution is 0.176. The number of aromatic nitrogens is 2. The standard InChI is InChI=1S/C19H29N3/c1-4-22-18-11-6-5-10-17(18)21-19(22)20-13-12-16-9-7-8-14(2)15(16)3/h5-6,10-11,14-16H,4,7-9,12-13H2,1-3H3,(H,20,21). The van der Waals surface area contributed by atoms with Gasteiger partial charge in [0, 0.05) is 13.1 Å². The van der Waals surface area contributed by atoms with Crippen LogP contribution in [0.3, 0.4) is 0 Å². The minimum absolute atomic E-state index is 0.862. The molecule has 2 aromatic rings. The van der Waals surface area contributed by atoms with Crippen molar-refractivity contribution >= 4 is 17.0 Å². The van der Waals surface area contributed by atoms with Gasteiger partial charge in [0.15, 0.2) is 0 Å². The molecule has 1 aromatic heterocycles. The van der Waals surface area contributed by atoms with Gasteiger partial charge in [0.2, 0.25) is 5.95 Å². The van der Waals surface area contributed by atoms with Crippen molar-refractivity contribution in [2.45, 2.75) is 53.0 Å². The number of anilines is 1. The third-order valence-corrected chi connectivity index (χ3v) is 5.64. The minimum Gasteiger partial charge on any atom is -0.356 e. The molecule has 1 aliphatic rings. The highest BCUT2D eigenvalue weighted by atomic mass is 15.2. The van der Waals surface area contributed by atoms with Gasteiger partial charge >= 0.3 is 0 Å². The quantitative estimate of drug-likeness (QED) is 0.848. The van der Waals surface area contributed by atoms with E-state index >= 15 is 0 Å². The maximum absolute atomic E-state index is 4.75. The summed E-state index contributed by atoms with van der Waals surface area (Å²) >= 11 is 0. The molecule has 22 heavy (non-hydrogen) atoms. The Hall–Kier alpha value is -1.51. The summed E-state index contributed by atoms with van der Waals surface area (Å²) in [6, 6.07) is 8.40. The van der Waals surface area contributed by atoms with Gasteiger partial charge in [0.25, 0.3) is 0 Å². The number of fused-ring (bicyclic) bond motifs is 1. The van der Waals surface area contributed by atoms with Crippen LogP contribution >= 0.6 is 0 Å². The van der Waals surface area contributed by atoms with Crippen LogP contribution in [0.25, 0.3) is 11.0 Å². The van der Waals surface area contributed by atoms with Crippen LogP contribution in [0.1, 0.15) is 46.5 Å². The van der Waals surface area contributed by atoms with Gasteiger partial charge in [-0.25, -0.2) is 4.98 Å². The van der Waals surface area contributed by atoms with Crippen LogP contribution in [0, 0.1) is 17.8 Å². The SMILES string of the molecule is CCn1c(NCCC2CCCC(C)C2C)nc2ccccc21. The monoisotopic (exact) mass is 299 g/mol. The molecular formula is C19H29N3. The van der Waals surface area contributed by atoms with Crippen LogP contribution in [0.5, 0.6) is 0 Å². The molecule has 3 heteroatoms. The summed E-state index contributed by atoms with van der Waals surface area (Å²) < 4.78 is 2.28. The second-order valence-corrected chi connectivity index (χ2v) is 6.91. The zero-order valence-electron chi connectivity index (χ0n) is 14.2. The highest BCUT2D eigenvalue weighted by Crippen LogP contribution is 2.36. The van der Waals surface area contributed by atoms with Crippen LogP contribution in [0.15, 0.2) is 24.3 Å². The Labute approximate surface area is 134 Å². The summed E-state index contributed by atoms with van der Waals surface area (Å²) in [5, 5.41) is 3.59. The van der Waals surface area contributed by atoms with Crippen molar-refractivity contribution in [3.8, 4) is 0 Å². The smallest absolute Gasteiger partial charge is 0.203 e. The van der Waals surface area contributed by atoms with Gasteiger partial charge < -0.3 is 9.88 Å². The fraction of sp³-hybridized carbons (Fsp3) is 0.632. The fourth-order valence-electron chi connectivity index (χ4n) is 4.00. The number of rotatable bonds is 5. The maximum atomic E-state index is 4.75. The molecule has 3 unspecified atom stereocenters. The lowest BCUT2D eigenvalue weighted by Gasteiger charge is -2.34. The number of hydrogen-bond donors (Lipinski definition) is 1. The fourth-order valence-corrected chi connectivity index (χ4v) is 4.00. The normalized spacial score (nSPS) is 25.5. The Morgan fingerprint density at radius 2 is 2.05 bits per heavy atom. The number of para-hydroxylation sites is 2. The number of nitrogens with one attached hydrogen (secondary N) is 1. The molecular weight excluding hydrogens is 270 g/mol. The van der Waals surface area contributed by atoms with E-state index in [4.69, 9.17) is 4.98 Å². The van der Waals surface area contributed by atoms with Crippen LogP contribution < -0.4 is 5.32 Å². The van der Waals surface area contributed by atoms with Gasteiger partial charge in [-0.05, 0) is 43.2 Å². The molecule has 0 amide bonds. The topological polar surface area (TPSA) is 29.9 Å². The van der Waals surface area contributed by atoms with E-state index in [1.165, 1.54) is 31.2 Å². The van der Waals surface area contributed by atoms with Gasteiger partial charge in [-0.15, -0.1) is 0 Å². The molecule has 0 radical (unpaired) electrons. The van der Waals surface area contributed by atoms with Crippen molar-refractivity contribution in [2.24, 2.45) is 17.8 Å². The highest BCUT2D eigenvalue weighted by Gasteiger charge is 2.26. The summed E-state index contributed by atoms with van der Waals surface area (Å²) in [4.78, 5) is 4.75. The second kappa shape index (κ2) is 6.72. The second-order valence-electron chi connectivity index (χ2n) is 6.91. The van der Waals surface area contributed by atoms with E-state index in [1.807, 2.05) is 0 Å². The van der Waals surface area contributed by atoms with Gasteiger partial charge in [0.05, 0.1) is 11.0 Å². The van der Waals surface area contributed by atoms with Crippen molar-refractivity contribution in [1.82, 2.24) is 9.55 Å². The first-order chi connectivity index (χ1) is 10.7. The third-order valence-electron chi connectivity index (χ3n) is 5.64. The Morgan fingerprint density at radius 3 is 2.86 bits per heavy atom. The molecule has 1 heterocycles. The molecule has 1 aromatic carbocycles. The molecule has 1 aliphatic carbocycles. The van der Waals surface area contributed by atoms with Gasteiger partial charge in [-0.1, -0.05) is 45.2 Å². The lowest BCUT2D eigenvalue weighted by atomic mass is 9.72. The number of benzene rings is 1. The molecule has 1 saturated carbocycles. The Kier molecular flexibility index (Phi) is 4.70. The number of aryl methyl sites for hydroxylation is 1. The van der Waals surface area contributed by atoms with E-state index in [2.05, 4.69) is 54.9 Å². The minimum atomic E-state index is 0.862. The Bertz CT molecular complexity index is 616. The Morgan fingerprint density at radius 1 is 1.23 bits per heavy atom. The molecule has 0 bridgehead atoms. The van der Waals surface area contributed by atoms with E-state index in [0.717, 1.165) is 42.3 Å². The molecule has 3 atom stereocenters. The van der Waals surface area contributed by atoms with Gasteiger partial charge in [-0.2, -0.15) is 0 Å². The predicted molar refractivity (Wildman–Crippen MR) is 94.2 cm³/mol. The van der Waals surface area contributed by atoms with Crippen LogP contribution in [0.4, 0.5) is 5.95 Å². The van der Waals surface area contributed by atoms with Crippen molar-refractivity contribution in [2.75, 3.05) is 11.9 Å². The van der Waals surface area contributed by atoms with E-state index in [1.54, 1.807) is 0 Å². The molecule has 120 valence electrons. The summed E-state index contributed by atoms with van der Waals surface area (Å²) in [5.74, 6) is 3.65. The van der Waals surface area contributed by atoms with Crippen molar-refractivity contribution < 1.29 is 0 Å². The Balaban J connectivity index is 1.64. The van der Waals surface area contributed by atoms with E-state index in [9.17, 15) is 0 Å². The molecule has 0 spiro atoms. The number of imidazole rings is 1. The van der Waals surface area contributed by atoms with Crippen molar-refractivity contribution in [3.63, 3.8) is 0 Å². The molecule has 3 rings (SSSR count). The first-order valence-electron chi connectivity index (χ1n) is 8.89.